The van der Waals surface area contributed by atoms with Gasteiger partial charge in [0.1, 0.15) is 0 Å². The molecule has 0 aliphatic carbocycles. The summed E-state index contributed by atoms with van der Waals surface area (Å²) >= 11 is 0. The normalized spacial score (nSPS) is 28.8. The van der Waals surface area contributed by atoms with Crippen molar-refractivity contribution in [1.82, 2.24) is 5.32 Å². The molecule has 3 heteroatoms. The zero-order valence-corrected chi connectivity index (χ0v) is 6.55. The van der Waals surface area contributed by atoms with Crippen LogP contribution in [0.5, 0.6) is 0 Å². The van der Waals surface area contributed by atoms with Crippen molar-refractivity contribution in [3.05, 3.63) is 24.0 Å². The SMILES string of the molecule is C=C1NC(=O)C(C)C/C1=C/N. The molecule has 1 heterocycles. The number of piperidine rings is 1. The summed E-state index contributed by atoms with van der Waals surface area (Å²) in [4.78, 5) is 11.0. The van der Waals surface area contributed by atoms with Crippen LogP contribution < -0.4 is 11.1 Å². The van der Waals surface area contributed by atoms with E-state index in [0.29, 0.717) is 12.1 Å². The van der Waals surface area contributed by atoms with E-state index < -0.39 is 0 Å². The molecule has 1 atom stereocenters. The topological polar surface area (TPSA) is 55.1 Å². The maximum Gasteiger partial charge on any atom is 0.227 e. The van der Waals surface area contributed by atoms with Crippen molar-refractivity contribution in [2.24, 2.45) is 11.7 Å². The quantitative estimate of drug-likeness (QED) is 0.531. The zero-order chi connectivity index (χ0) is 8.43. The second-order valence-corrected chi connectivity index (χ2v) is 2.76. The third-order valence-electron chi connectivity index (χ3n) is 1.84. The van der Waals surface area contributed by atoms with Crippen LogP contribution in [0.25, 0.3) is 0 Å². The van der Waals surface area contributed by atoms with E-state index in [1.54, 1.807) is 0 Å². The van der Waals surface area contributed by atoms with Gasteiger partial charge in [-0.25, -0.2) is 0 Å². The first kappa shape index (κ1) is 7.85. The lowest BCUT2D eigenvalue weighted by molar-refractivity contribution is -0.124. The van der Waals surface area contributed by atoms with Gasteiger partial charge in [-0.1, -0.05) is 13.5 Å². The molecule has 1 aliphatic heterocycles. The smallest absolute Gasteiger partial charge is 0.227 e. The number of carbonyl (C=O) groups is 1. The molecule has 0 aromatic carbocycles. The molecule has 3 nitrogen and oxygen atoms in total. The van der Waals surface area contributed by atoms with E-state index in [2.05, 4.69) is 11.9 Å². The van der Waals surface area contributed by atoms with Crippen molar-refractivity contribution in [1.29, 1.82) is 0 Å². The van der Waals surface area contributed by atoms with Gasteiger partial charge < -0.3 is 11.1 Å². The van der Waals surface area contributed by atoms with Crippen LogP contribution in [0.2, 0.25) is 0 Å². The number of amides is 1. The second kappa shape index (κ2) is 2.78. The predicted molar refractivity (Wildman–Crippen MR) is 43.3 cm³/mol. The molecule has 1 fully saturated rings. The fourth-order valence-electron chi connectivity index (χ4n) is 1.07. The van der Waals surface area contributed by atoms with Crippen LogP contribution in [0.1, 0.15) is 13.3 Å². The number of nitrogens with one attached hydrogen (secondary N) is 1. The number of rotatable bonds is 0. The van der Waals surface area contributed by atoms with E-state index >= 15 is 0 Å². The number of carbonyl (C=O) groups excluding carboxylic acids is 1. The Labute approximate surface area is 66.0 Å². The highest BCUT2D eigenvalue weighted by molar-refractivity contribution is 5.83. The van der Waals surface area contributed by atoms with E-state index in [0.717, 1.165) is 5.57 Å². The van der Waals surface area contributed by atoms with Gasteiger partial charge in [0, 0.05) is 11.6 Å². The summed E-state index contributed by atoms with van der Waals surface area (Å²) in [5, 5.41) is 2.65. The van der Waals surface area contributed by atoms with Crippen molar-refractivity contribution in [3.63, 3.8) is 0 Å². The summed E-state index contributed by atoms with van der Waals surface area (Å²) in [6, 6.07) is 0. The summed E-state index contributed by atoms with van der Waals surface area (Å²) in [5.74, 6) is 0.0379. The monoisotopic (exact) mass is 152 g/mol. The molecule has 1 unspecified atom stereocenters. The Balaban J connectivity index is 2.78. The maximum atomic E-state index is 11.0. The molecule has 3 N–H and O–H groups in total. The lowest BCUT2D eigenvalue weighted by Crippen LogP contribution is -2.34. The third-order valence-corrected chi connectivity index (χ3v) is 1.84. The van der Waals surface area contributed by atoms with Crippen molar-refractivity contribution in [2.75, 3.05) is 0 Å². The number of hydrogen-bond acceptors (Lipinski definition) is 2. The largest absolute Gasteiger partial charge is 0.404 e. The second-order valence-electron chi connectivity index (χ2n) is 2.76. The maximum absolute atomic E-state index is 11.0. The summed E-state index contributed by atoms with van der Waals surface area (Å²) in [6.45, 7) is 5.54. The number of allylic oxidation sites excluding steroid dienone is 1. The molecule has 1 rings (SSSR count). The first-order valence-corrected chi connectivity index (χ1v) is 3.56. The van der Waals surface area contributed by atoms with Crippen LogP contribution in [-0.4, -0.2) is 5.91 Å². The van der Waals surface area contributed by atoms with E-state index in [1.807, 2.05) is 6.92 Å². The Bertz CT molecular complexity index is 230. The Morgan fingerprint density at radius 3 is 3.00 bits per heavy atom. The van der Waals surface area contributed by atoms with Gasteiger partial charge in [-0.05, 0) is 18.2 Å². The molecular formula is C8H12N2O. The Morgan fingerprint density at radius 2 is 2.45 bits per heavy atom. The molecule has 60 valence electrons. The molecule has 0 aromatic heterocycles. The van der Waals surface area contributed by atoms with Crippen molar-refractivity contribution < 1.29 is 4.79 Å². The minimum atomic E-state index is 0.00954. The van der Waals surface area contributed by atoms with Crippen LogP contribution >= 0.6 is 0 Å². The molecule has 0 radical (unpaired) electrons. The molecule has 0 spiro atoms. The first-order valence-electron chi connectivity index (χ1n) is 3.56. The molecule has 0 aromatic rings. The molecule has 0 bridgehead atoms. The molecule has 1 saturated heterocycles. The van der Waals surface area contributed by atoms with Crippen molar-refractivity contribution in [2.45, 2.75) is 13.3 Å². The average molecular weight is 152 g/mol. The molecular weight excluding hydrogens is 140 g/mol. The van der Waals surface area contributed by atoms with E-state index in [-0.39, 0.29) is 11.8 Å². The first-order chi connectivity index (χ1) is 5.15. The summed E-state index contributed by atoms with van der Waals surface area (Å²) in [5.41, 5.74) is 6.89. The van der Waals surface area contributed by atoms with E-state index in [1.165, 1.54) is 6.20 Å². The Kier molecular flexibility index (Phi) is 1.98. The zero-order valence-electron chi connectivity index (χ0n) is 6.55. The fourth-order valence-corrected chi connectivity index (χ4v) is 1.07. The molecule has 0 saturated carbocycles. The van der Waals surface area contributed by atoms with Crippen LogP contribution in [0, 0.1) is 5.92 Å². The van der Waals surface area contributed by atoms with Gasteiger partial charge >= 0.3 is 0 Å². The van der Waals surface area contributed by atoms with Gasteiger partial charge in [0.05, 0.1) is 0 Å². The van der Waals surface area contributed by atoms with Gasteiger partial charge in [-0.2, -0.15) is 0 Å². The Morgan fingerprint density at radius 1 is 1.82 bits per heavy atom. The lowest BCUT2D eigenvalue weighted by Gasteiger charge is -2.22. The van der Waals surface area contributed by atoms with Crippen LogP contribution in [-0.2, 0) is 4.79 Å². The molecule has 1 amide bonds. The van der Waals surface area contributed by atoms with Crippen LogP contribution in [0.3, 0.4) is 0 Å². The van der Waals surface area contributed by atoms with Gasteiger partial charge in [0.2, 0.25) is 5.91 Å². The van der Waals surface area contributed by atoms with Crippen LogP contribution in [0.15, 0.2) is 24.0 Å². The highest BCUT2D eigenvalue weighted by atomic mass is 16.1. The third kappa shape index (κ3) is 1.42. The fraction of sp³-hybridized carbons (Fsp3) is 0.375. The Hall–Kier alpha value is -1.25. The summed E-state index contributed by atoms with van der Waals surface area (Å²) < 4.78 is 0. The number of nitrogens with two attached hydrogens (primary N) is 1. The highest BCUT2D eigenvalue weighted by Crippen LogP contribution is 2.21. The lowest BCUT2D eigenvalue weighted by atomic mass is 9.95. The van der Waals surface area contributed by atoms with E-state index in [9.17, 15) is 4.79 Å². The highest BCUT2D eigenvalue weighted by Gasteiger charge is 2.22. The van der Waals surface area contributed by atoms with Gasteiger partial charge in [-0.3, -0.25) is 4.79 Å². The predicted octanol–water partition coefficient (Wildman–Crippen LogP) is 0.499. The molecule has 1 aliphatic rings. The van der Waals surface area contributed by atoms with Crippen molar-refractivity contribution in [3.8, 4) is 0 Å². The van der Waals surface area contributed by atoms with Gasteiger partial charge in [-0.15, -0.1) is 0 Å². The summed E-state index contributed by atoms with van der Waals surface area (Å²) in [7, 11) is 0. The molecule has 11 heavy (non-hydrogen) atoms. The minimum absolute atomic E-state index is 0.00954. The summed E-state index contributed by atoms with van der Waals surface area (Å²) in [6.07, 6.45) is 2.19. The van der Waals surface area contributed by atoms with Gasteiger partial charge in [0.25, 0.3) is 0 Å². The van der Waals surface area contributed by atoms with E-state index in [4.69, 9.17) is 5.73 Å². The van der Waals surface area contributed by atoms with Crippen molar-refractivity contribution >= 4 is 5.91 Å². The van der Waals surface area contributed by atoms with Gasteiger partial charge in [0.15, 0.2) is 0 Å². The number of hydrogen-bond donors (Lipinski definition) is 2. The average Bonchev–Trinajstić information content (AvgIpc) is 1.97. The minimum Gasteiger partial charge on any atom is -0.404 e. The standard InChI is InChI=1S/C8H12N2O/c1-5-3-7(4-9)6(2)10-8(5)11/h4-5H,2-3,9H2,1H3,(H,10,11)/b7-4-. The van der Waals surface area contributed by atoms with Crippen LogP contribution in [0.4, 0.5) is 0 Å².